The van der Waals surface area contributed by atoms with E-state index in [-0.39, 0.29) is 0 Å². The summed E-state index contributed by atoms with van der Waals surface area (Å²) >= 11 is 1.91. The number of aryl methyl sites for hydroxylation is 1. The highest BCUT2D eigenvalue weighted by Crippen LogP contribution is 2.23. The molecular formula is C14H24N2OS. The van der Waals surface area contributed by atoms with Gasteiger partial charge in [-0.3, -0.25) is 0 Å². The minimum atomic E-state index is 0.330. The molecule has 2 unspecified atom stereocenters. The summed E-state index contributed by atoms with van der Waals surface area (Å²) < 4.78 is 5.76. The lowest BCUT2D eigenvalue weighted by molar-refractivity contribution is -0.0190. The summed E-state index contributed by atoms with van der Waals surface area (Å²) in [5, 5.41) is 3.59. The number of hydrogen-bond donors (Lipinski definition) is 1. The molecule has 0 aromatic carbocycles. The molecule has 1 aliphatic rings. The molecule has 4 heteroatoms. The average Bonchev–Trinajstić information content (AvgIpc) is 2.85. The van der Waals surface area contributed by atoms with Crippen molar-refractivity contribution in [3.05, 3.63) is 21.9 Å². The van der Waals surface area contributed by atoms with Gasteiger partial charge in [-0.05, 0) is 32.5 Å². The van der Waals surface area contributed by atoms with Crippen molar-refractivity contribution in [1.29, 1.82) is 0 Å². The molecule has 1 N–H and O–H groups in total. The largest absolute Gasteiger partial charge is 0.374 e. The average molecular weight is 268 g/mol. The predicted molar refractivity (Wildman–Crippen MR) is 77.4 cm³/mol. The molecule has 1 aliphatic heterocycles. The summed E-state index contributed by atoms with van der Waals surface area (Å²) in [5.74, 6) is 0. The van der Waals surface area contributed by atoms with E-state index in [1.54, 1.807) is 0 Å². The number of hydrogen-bond acceptors (Lipinski definition) is 4. The summed E-state index contributed by atoms with van der Waals surface area (Å²) in [6.45, 7) is 8.32. The zero-order valence-corrected chi connectivity index (χ0v) is 12.4. The molecule has 2 rings (SSSR count). The lowest BCUT2D eigenvalue weighted by Gasteiger charge is -2.30. The Labute approximate surface area is 114 Å². The van der Waals surface area contributed by atoms with Crippen LogP contribution in [-0.2, 0) is 11.2 Å². The molecule has 102 valence electrons. The van der Waals surface area contributed by atoms with Gasteiger partial charge in [-0.25, -0.2) is 0 Å². The van der Waals surface area contributed by atoms with Crippen molar-refractivity contribution in [2.45, 2.75) is 32.4 Å². The highest BCUT2D eigenvalue weighted by molar-refractivity contribution is 7.12. The van der Waals surface area contributed by atoms with E-state index < -0.39 is 0 Å². The van der Waals surface area contributed by atoms with Crippen LogP contribution < -0.4 is 5.32 Å². The molecular weight excluding hydrogens is 244 g/mol. The molecule has 2 atom stereocenters. The maximum absolute atomic E-state index is 5.76. The molecule has 0 spiro atoms. The molecule has 1 saturated heterocycles. The monoisotopic (exact) mass is 268 g/mol. The van der Waals surface area contributed by atoms with Crippen molar-refractivity contribution in [3.8, 4) is 0 Å². The first kappa shape index (κ1) is 14.0. The van der Waals surface area contributed by atoms with E-state index in [0.29, 0.717) is 12.1 Å². The standard InChI is InChI=1S/C14H24N2OS/c1-4-13-5-6-14(18-13)11(2)15-9-12-10-16(3)7-8-17-12/h5-6,11-12,15H,4,7-10H2,1-3H3. The van der Waals surface area contributed by atoms with Crippen molar-refractivity contribution in [3.63, 3.8) is 0 Å². The highest BCUT2D eigenvalue weighted by atomic mass is 32.1. The normalized spacial score (nSPS) is 23.2. The smallest absolute Gasteiger partial charge is 0.0826 e. The summed E-state index contributed by atoms with van der Waals surface area (Å²) in [7, 11) is 2.16. The second-order valence-corrected chi connectivity index (χ2v) is 6.24. The van der Waals surface area contributed by atoms with E-state index >= 15 is 0 Å². The third-order valence-corrected chi connectivity index (χ3v) is 4.86. The van der Waals surface area contributed by atoms with Gasteiger partial charge in [0.2, 0.25) is 0 Å². The fraction of sp³-hybridized carbons (Fsp3) is 0.714. The van der Waals surface area contributed by atoms with Crippen LogP contribution in [0.1, 0.15) is 29.6 Å². The van der Waals surface area contributed by atoms with Gasteiger partial charge in [-0.1, -0.05) is 6.92 Å². The topological polar surface area (TPSA) is 24.5 Å². The molecule has 18 heavy (non-hydrogen) atoms. The Hall–Kier alpha value is -0.420. The third kappa shape index (κ3) is 3.79. The van der Waals surface area contributed by atoms with Gasteiger partial charge in [-0.2, -0.15) is 0 Å². The van der Waals surface area contributed by atoms with E-state index in [1.165, 1.54) is 9.75 Å². The Kier molecular flexibility index (Phi) is 5.18. The minimum absolute atomic E-state index is 0.330. The molecule has 0 radical (unpaired) electrons. The molecule has 0 aliphatic carbocycles. The summed E-state index contributed by atoms with van der Waals surface area (Å²) in [4.78, 5) is 5.23. The van der Waals surface area contributed by atoms with E-state index in [1.807, 2.05) is 11.3 Å². The van der Waals surface area contributed by atoms with Crippen LogP contribution in [0.25, 0.3) is 0 Å². The van der Waals surface area contributed by atoms with Gasteiger partial charge < -0.3 is 15.0 Å². The van der Waals surface area contributed by atoms with Crippen LogP contribution >= 0.6 is 11.3 Å². The lowest BCUT2D eigenvalue weighted by Crippen LogP contribution is -2.45. The van der Waals surface area contributed by atoms with Gasteiger partial charge in [0.05, 0.1) is 12.7 Å². The number of morpholine rings is 1. The van der Waals surface area contributed by atoms with Crippen molar-refractivity contribution in [2.24, 2.45) is 0 Å². The predicted octanol–water partition coefficient (Wildman–Crippen LogP) is 2.29. The zero-order valence-electron chi connectivity index (χ0n) is 11.6. The van der Waals surface area contributed by atoms with Gasteiger partial charge in [-0.15, -0.1) is 11.3 Å². The van der Waals surface area contributed by atoms with Crippen LogP contribution in [0.4, 0.5) is 0 Å². The van der Waals surface area contributed by atoms with Gasteiger partial charge in [0.25, 0.3) is 0 Å². The second kappa shape index (κ2) is 6.66. The van der Waals surface area contributed by atoms with Gasteiger partial charge in [0, 0.05) is 35.4 Å². The Morgan fingerprint density at radius 1 is 1.56 bits per heavy atom. The summed E-state index contributed by atoms with van der Waals surface area (Å²) in [6, 6.07) is 4.91. The number of likely N-dealkylation sites (N-methyl/N-ethyl adjacent to an activating group) is 1. The first-order valence-electron chi connectivity index (χ1n) is 6.81. The number of ether oxygens (including phenoxy) is 1. The van der Waals surface area contributed by atoms with E-state index in [0.717, 1.165) is 32.7 Å². The molecule has 3 nitrogen and oxygen atoms in total. The van der Waals surface area contributed by atoms with E-state index in [2.05, 4.69) is 43.2 Å². The number of nitrogens with zero attached hydrogens (tertiary/aromatic N) is 1. The summed E-state index contributed by atoms with van der Waals surface area (Å²) in [5.41, 5.74) is 0. The quantitative estimate of drug-likeness (QED) is 0.887. The maximum Gasteiger partial charge on any atom is 0.0826 e. The first-order chi connectivity index (χ1) is 8.69. The SMILES string of the molecule is CCc1ccc(C(C)NCC2CN(C)CCO2)s1. The van der Waals surface area contributed by atoms with E-state index in [4.69, 9.17) is 4.74 Å². The van der Waals surface area contributed by atoms with Crippen molar-refractivity contribution < 1.29 is 4.74 Å². The Morgan fingerprint density at radius 2 is 2.39 bits per heavy atom. The van der Waals surface area contributed by atoms with Crippen molar-refractivity contribution >= 4 is 11.3 Å². The molecule has 1 fully saturated rings. The van der Waals surface area contributed by atoms with Crippen molar-refractivity contribution in [1.82, 2.24) is 10.2 Å². The molecule has 1 aromatic heterocycles. The molecule has 2 heterocycles. The molecule has 0 amide bonds. The van der Waals surface area contributed by atoms with Gasteiger partial charge >= 0.3 is 0 Å². The Bertz CT molecular complexity index is 366. The lowest BCUT2D eigenvalue weighted by atomic mass is 10.2. The molecule has 0 saturated carbocycles. The van der Waals surface area contributed by atoms with Crippen LogP contribution in [0.5, 0.6) is 0 Å². The first-order valence-corrected chi connectivity index (χ1v) is 7.62. The third-order valence-electron chi connectivity index (χ3n) is 3.45. The van der Waals surface area contributed by atoms with Gasteiger partial charge in [0.1, 0.15) is 0 Å². The van der Waals surface area contributed by atoms with Crippen LogP contribution in [0.2, 0.25) is 0 Å². The Morgan fingerprint density at radius 3 is 3.06 bits per heavy atom. The van der Waals surface area contributed by atoms with Crippen LogP contribution in [0, 0.1) is 0 Å². The molecule has 1 aromatic rings. The van der Waals surface area contributed by atoms with Gasteiger partial charge in [0.15, 0.2) is 0 Å². The highest BCUT2D eigenvalue weighted by Gasteiger charge is 2.18. The second-order valence-electron chi connectivity index (χ2n) is 5.04. The fourth-order valence-electron chi connectivity index (χ4n) is 2.22. The fourth-order valence-corrected chi connectivity index (χ4v) is 3.20. The van der Waals surface area contributed by atoms with Crippen LogP contribution in [0.15, 0.2) is 12.1 Å². The summed E-state index contributed by atoms with van der Waals surface area (Å²) in [6.07, 6.45) is 1.46. The number of nitrogens with one attached hydrogen (secondary N) is 1. The van der Waals surface area contributed by atoms with Crippen LogP contribution in [0.3, 0.4) is 0 Å². The Balaban J connectivity index is 1.78. The van der Waals surface area contributed by atoms with Crippen LogP contribution in [-0.4, -0.2) is 44.3 Å². The number of thiophene rings is 1. The number of rotatable bonds is 5. The molecule has 0 bridgehead atoms. The van der Waals surface area contributed by atoms with E-state index in [9.17, 15) is 0 Å². The minimum Gasteiger partial charge on any atom is -0.374 e. The zero-order chi connectivity index (χ0) is 13.0. The van der Waals surface area contributed by atoms with Crippen molar-refractivity contribution in [2.75, 3.05) is 33.3 Å². The maximum atomic E-state index is 5.76.